The molecule has 0 spiro atoms. The van der Waals surface area contributed by atoms with Gasteiger partial charge in [0.2, 0.25) is 11.8 Å². The topological polar surface area (TPSA) is 71.1 Å². The zero-order chi connectivity index (χ0) is 19.1. The van der Waals surface area contributed by atoms with Crippen LogP contribution < -0.4 is 10.6 Å². The summed E-state index contributed by atoms with van der Waals surface area (Å²) in [5.41, 5.74) is 3.58. The average Bonchev–Trinajstić information content (AvgIpc) is 2.69. The first kappa shape index (κ1) is 18.3. The van der Waals surface area contributed by atoms with E-state index in [1.807, 2.05) is 54.6 Å². The molecule has 1 heterocycles. The predicted octanol–water partition coefficient (Wildman–Crippen LogP) is 3.49. The van der Waals surface area contributed by atoms with Crippen molar-refractivity contribution in [1.29, 1.82) is 0 Å². The van der Waals surface area contributed by atoms with Gasteiger partial charge < -0.3 is 10.6 Å². The third kappa shape index (κ3) is 5.25. The Hall–Kier alpha value is -3.47. The molecule has 0 aliphatic carbocycles. The first-order chi connectivity index (χ1) is 13.1. The molecule has 3 rings (SSSR count). The van der Waals surface area contributed by atoms with Gasteiger partial charge in [0.05, 0.1) is 12.5 Å². The van der Waals surface area contributed by atoms with E-state index in [0.717, 1.165) is 16.7 Å². The fourth-order valence-electron chi connectivity index (χ4n) is 2.87. The molecule has 2 amide bonds. The van der Waals surface area contributed by atoms with Crippen molar-refractivity contribution < 1.29 is 9.59 Å². The lowest BCUT2D eigenvalue weighted by molar-refractivity contribution is -0.121. The van der Waals surface area contributed by atoms with Crippen molar-refractivity contribution in [2.75, 3.05) is 5.32 Å². The molecule has 0 saturated heterocycles. The lowest BCUT2D eigenvalue weighted by Gasteiger charge is -2.20. The molecule has 0 radical (unpaired) electrons. The Kier molecular flexibility index (Phi) is 5.94. The Morgan fingerprint density at radius 1 is 0.889 bits per heavy atom. The molecular weight excluding hydrogens is 338 g/mol. The zero-order valence-corrected chi connectivity index (χ0v) is 15.1. The molecular formula is C22H21N3O2. The van der Waals surface area contributed by atoms with Crippen molar-refractivity contribution in [3.05, 3.63) is 95.8 Å². The number of benzene rings is 2. The van der Waals surface area contributed by atoms with Crippen LogP contribution in [0, 0.1) is 0 Å². The molecule has 1 aromatic heterocycles. The molecule has 136 valence electrons. The van der Waals surface area contributed by atoms with Crippen molar-refractivity contribution in [3.8, 4) is 0 Å². The van der Waals surface area contributed by atoms with Crippen LogP contribution in [0.1, 0.15) is 29.7 Å². The van der Waals surface area contributed by atoms with Gasteiger partial charge in [-0.05, 0) is 41.0 Å². The SMILES string of the molecule is CC(=O)Nc1ccc(CC(=O)NC(c2ccccc2)c2ccncc2)cc1. The van der Waals surface area contributed by atoms with E-state index in [-0.39, 0.29) is 24.3 Å². The Labute approximate surface area is 158 Å². The van der Waals surface area contributed by atoms with Crippen LogP contribution in [0.25, 0.3) is 0 Å². The Morgan fingerprint density at radius 2 is 1.52 bits per heavy atom. The number of carbonyl (C=O) groups is 2. The van der Waals surface area contributed by atoms with E-state index in [2.05, 4.69) is 15.6 Å². The minimum absolute atomic E-state index is 0.0760. The number of hydrogen-bond donors (Lipinski definition) is 2. The number of nitrogens with zero attached hydrogens (tertiary/aromatic N) is 1. The molecule has 0 aliphatic heterocycles. The number of nitrogens with one attached hydrogen (secondary N) is 2. The lowest BCUT2D eigenvalue weighted by Crippen LogP contribution is -2.30. The van der Waals surface area contributed by atoms with Gasteiger partial charge in [-0.25, -0.2) is 0 Å². The number of anilines is 1. The monoisotopic (exact) mass is 359 g/mol. The highest BCUT2D eigenvalue weighted by Crippen LogP contribution is 2.21. The smallest absolute Gasteiger partial charge is 0.225 e. The lowest BCUT2D eigenvalue weighted by atomic mass is 9.99. The largest absolute Gasteiger partial charge is 0.345 e. The molecule has 27 heavy (non-hydrogen) atoms. The van der Waals surface area contributed by atoms with Gasteiger partial charge in [0, 0.05) is 25.0 Å². The summed E-state index contributed by atoms with van der Waals surface area (Å²) in [6.45, 7) is 1.46. The maximum absolute atomic E-state index is 12.6. The number of pyridine rings is 1. The van der Waals surface area contributed by atoms with E-state index in [1.54, 1.807) is 24.5 Å². The molecule has 0 saturated carbocycles. The quantitative estimate of drug-likeness (QED) is 0.708. The van der Waals surface area contributed by atoms with Crippen molar-refractivity contribution in [2.45, 2.75) is 19.4 Å². The highest BCUT2D eigenvalue weighted by Gasteiger charge is 2.16. The Morgan fingerprint density at radius 3 is 2.15 bits per heavy atom. The van der Waals surface area contributed by atoms with Crippen LogP contribution in [0.3, 0.4) is 0 Å². The van der Waals surface area contributed by atoms with Crippen LogP contribution in [-0.2, 0) is 16.0 Å². The van der Waals surface area contributed by atoms with Crippen LogP contribution in [0.5, 0.6) is 0 Å². The van der Waals surface area contributed by atoms with Crippen LogP contribution in [0.15, 0.2) is 79.1 Å². The van der Waals surface area contributed by atoms with Gasteiger partial charge in [0.15, 0.2) is 0 Å². The molecule has 3 aromatic rings. The normalized spacial score (nSPS) is 11.4. The van der Waals surface area contributed by atoms with Crippen molar-refractivity contribution in [1.82, 2.24) is 10.3 Å². The minimum atomic E-state index is -0.236. The summed E-state index contributed by atoms with van der Waals surface area (Å²) in [6, 6.07) is 20.7. The van der Waals surface area contributed by atoms with Crippen LogP contribution in [0.4, 0.5) is 5.69 Å². The molecule has 5 nitrogen and oxygen atoms in total. The summed E-state index contributed by atoms with van der Waals surface area (Å²) >= 11 is 0. The number of rotatable bonds is 6. The maximum Gasteiger partial charge on any atom is 0.225 e. The van der Waals surface area contributed by atoms with E-state index >= 15 is 0 Å². The third-order valence-electron chi connectivity index (χ3n) is 4.12. The van der Waals surface area contributed by atoms with Gasteiger partial charge in [-0.1, -0.05) is 42.5 Å². The number of hydrogen-bond acceptors (Lipinski definition) is 3. The summed E-state index contributed by atoms with van der Waals surface area (Å²) < 4.78 is 0. The second-order valence-corrected chi connectivity index (χ2v) is 6.25. The van der Waals surface area contributed by atoms with Crippen molar-refractivity contribution in [3.63, 3.8) is 0 Å². The summed E-state index contributed by atoms with van der Waals surface area (Å²) in [4.78, 5) is 27.8. The Balaban J connectivity index is 1.72. The molecule has 1 atom stereocenters. The molecule has 1 unspecified atom stereocenters. The molecule has 0 fully saturated rings. The molecule has 0 aliphatic rings. The van der Waals surface area contributed by atoms with E-state index in [1.165, 1.54) is 6.92 Å². The van der Waals surface area contributed by atoms with Crippen LogP contribution >= 0.6 is 0 Å². The first-order valence-corrected chi connectivity index (χ1v) is 8.72. The summed E-state index contributed by atoms with van der Waals surface area (Å²) in [7, 11) is 0. The number of amides is 2. The molecule has 2 aromatic carbocycles. The highest BCUT2D eigenvalue weighted by molar-refractivity contribution is 5.88. The summed E-state index contributed by atoms with van der Waals surface area (Å²) in [5.74, 6) is -0.198. The third-order valence-corrected chi connectivity index (χ3v) is 4.12. The number of carbonyl (C=O) groups excluding carboxylic acids is 2. The fraction of sp³-hybridized carbons (Fsp3) is 0.136. The predicted molar refractivity (Wildman–Crippen MR) is 105 cm³/mol. The summed E-state index contributed by atoms with van der Waals surface area (Å²) in [5, 5.41) is 5.82. The van der Waals surface area contributed by atoms with Gasteiger partial charge in [-0.15, -0.1) is 0 Å². The second-order valence-electron chi connectivity index (χ2n) is 6.25. The summed E-state index contributed by atoms with van der Waals surface area (Å²) in [6.07, 6.45) is 3.70. The fourth-order valence-corrected chi connectivity index (χ4v) is 2.87. The van der Waals surface area contributed by atoms with Gasteiger partial charge in [0.25, 0.3) is 0 Å². The van der Waals surface area contributed by atoms with Crippen LogP contribution in [-0.4, -0.2) is 16.8 Å². The van der Waals surface area contributed by atoms with Gasteiger partial charge in [-0.2, -0.15) is 0 Å². The molecule has 0 bridgehead atoms. The van der Waals surface area contributed by atoms with E-state index in [0.29, 0.717) is 5.69 Å². The van der Waals surface area contributed by atoms with E-state index in [9.17, 15) is 9.59 Å². The van der Waals surface area contributed by atoms with E-state index < -0.39 is 0 Å². The Bertz CT molecular complexity index is 854. The highest BCUT2D eigenvalue weighted by atomic mass is 16.2. The molecule has 2 N–H and O–H groups in total. The minimum Gasteiger partial charge on any atom is -0.345 e. The van der Waals surface area contributed by atoms with Crippen molar-refractivity contribution >= 4 is 17.5 Å². The molecule has 5 heteroatoms. The first-order valence-electron chi connectivity index (χ1n) is 8.72. The maximum atomic E-state index is 12.6. The van der Waals surface area contributed by atoms with Crippen molar-refractivity contribution in [2.24, 2.45) is 0 Å². The number of aromatic nitrogens is 1. The van der Waals surface area contributed by atoms with Crippen LogP contribution in [0.2, 0.25) is 0 Å². The standard InChI is InChI=1S/C22H21N3O2/c1-16(26)24-20-9-7-17(8-10-20)15-21(27)25-22(18-5-3-2-4-6-18)19-11-13-23-14-12-19/h2-14,22H,15H2,1H3,(H,24,26)(H,25,27). The van der Waals surface area contributed by atoms with Gasteiger partial charge >= 0.3 is 0 Å². The van der Waals surface area contributed by atoms with Gasteiger partial charge in [-0.3, -0.25) is 14.6 Å². The second kappa shape index (κ2) is 8.76. The van der Waals surface area contributed by atoms with E-state index in [4.69, 9.17) is 0 Å². The zero-order valence-electron chi connectivity index (χ0n) is 15.1. The van der Waals surface area contributed by atoms with Gasteiger partial charge in [0.1, 0.15) is 0 Å². The average molecular weight is 359 g/mol.